The standard InChI is InChI=1S/C13H26N2O.ClH/c1-10(2)7-8-11(3)15-13(16)12-6-4-5-9-14-12;/h10-12,14H,4-9H2,1-3H3,(H,15,16);1H. The average Bonchev–Trinajstić information content (AvgIpc) is 2.27. The summed E-state index contributed by atoms with van der Waals surface area (Å²) in [5.41, 5.74) is 0. The molecule has 2 atom stereocenters. The number of hydrogen-bond acceptors (Lipinski definition) is 2. The van der Waals surface area contributed by atoms with Crippen molar-refractivity contribution in [2.45, 2.75) is 65.0 Å². The van der Waals surface area contributed by atoms with Gasteiger partial charge in [0.05, 0.1) is 6.04 Å². The number of hydrogen-bond donors (Lipinski definition) is 2. The number of carbonyl (C=O) groups excluding carboxylic acids is 1. The molecular weight excluding hydrogens is 236 g/mol. The number of halogens is 1. The van der Waals surface area contributed by atoms with Crippen molar-refractivity contribution in [2.24, 2.45) is 5.92 Å². The minimum Gasteiger partial charge on any atom is -0.352 e. The zero-order valence-corrected chi connectivity index (χ0v) is 12.1. The second kappa shape index (κ2) is 8.76. The van der Waals surface area contributed by atoms with Crippen LogP contribution in [0.25, 0.3) is 0 Å². The van der Waals surface area contributed by atoms with E-state index in [0.29, 0.717) is 12.0 Å². The number of piperidine rings is 1. The monoisotopic (exact) mass is 262 g/mol. The van der Waals surface area contributed by atoms with Crippen molar-refractivity contribution in [2.75, 3.05) is 6.54 Å². The summed E-state index contributed by atoms with van der Waals surface area (Å²) in [6.45, 7) is 7.52. The maximum Gasteiger partial charge on any atom is 0.237 e. The van der Waals surface area contributed by atoms with E-state index in [1.807, 2.05) is 0 Å². The third-order valence-corrected chi connectivity index (χ3v) is 3.19. The fraction of sp³-hybridized carbons (Fsp3) is 0.923. The number of rotatable bonds is 5. The summed E-state index contributed by atoms with van der Waals surface area (Å²) in [5, 5.41) is 6.38. The first-order chi connectivity index (χ1) is 7.59. The van der Waals surface area contributed by atoms with E-state index in [0.717, 1.165) is 19.4 Å². The Hall–Kier alpha value is -0.280. The SMILES string of the molecule is CC(C)CCC(C)NC(=O)C1CCCCN1.Cl. The van der Waals surface area contributed by atoms with Gasteiger partial charge in [-0.2, -0.15) is 0 Å². The van der Waals surface area contributed by atoms with Gasteiger partial charge in [0.2, 0.25) is 5.91 Å². The lowest BCUT2D eigenvalue weighted by Crippen LogP contribution is -2.49. The van der Waals surface area contributed by atoms with Crippen LogP contribution >= 0.6 is 12.4 Å². The van der Waals surface area contributed by atoms with Crippen molar-refractivity contribution < 1.29 is 4.79 Å². The summed E-state index contributed by atoms with van der Waals surface area (Å²) in [5.74, 6) is 0.906. The summed E-state index contributed by atoms with van der Waals surface area (Å²) in [6, 6.07) is 0.355. The van der Waals surface area contributed by atoms with Crippen molar-refractivity contribution in [3.05, 3.63) is 0 Å². The summed E-state index contributed by atoms with van der Waals surface area (Å²) in [6.07, 6.45) is 5.62. The lowest BCUT2D eigenvalue weighted by Gasteiger charge is -2.24. The average molecular weight is 263 g/mol. The Labute approximate surface area is 112 Å². The molecule has 4 heteroatoms. The second-order valence-corrected chi connectivity index (χ2v) is 5.38. The highest BCUT2D eigenvalue weighted by Gasteiger charge is 2.21. The predicted molar refractivity (Wildman–Crippen MR) is 74.6 cm³/mol. The summed E-state index contributed by atoms with van der Waals surface area (Å²) in [7, 11) is 0. The Balaban J connectivity index is 0.00000256. The smallest absolute Gasteiger partial charge is 0.237 e. The normalized spacial score (nSPS) is 21.8. The molecule has 1 heterocycles. The van der Waals surface area contributed by atoms with E-state index < -0.39 is 0 Å². The largest absolute Gasteiger partial charge is 0.352 e. The molecule has 2 unspecified atom stereocenters. The molecule has 0 aliphatic carbocycles. The van der Waals surface area contributed by atoms with Crippen LogP contribution in [-0.2, 0) is 4.79 Å². The lowest BCUT2D eigenvalue weighted by molar-refractivity contribution is -0.124. The van der Waals surface area contributed by atoms with E-state index in [9.17, 15) is 4.79 Å². The first-order valence-corrected chi connectivity index (χ1v) is 6.63. The number of amides is 1. The third kappa shape index (κ3) is 6.89. The molecule has 1 saturated heterocycles. The van der Waals surface area contributed by atoms with Gasteiger partial charge in [0, 0.05) is 6.04 Å². The molecule has 2 N–H and O–H groups in total. The first-order valence-electron chi connectivity index (χ1n) is 6.63. The van der Waals surface area contributed by atoms with Gasteiger partial charge in [-0.3, -0.25) is 4.79 Å². The molecule has 0 saturated carbocycles. The minimum absolute atomic E-state index is 0. The van der Waals surface area contributed by atoms with Gasteiger partial charge in [0.25, 0.3) is 0 Å². The van der Waals surface area contributed by atoms with Gasteiger partial charge in [-0.1, -0.05) is 20.3 Å². The van der Waals surface area contributed by atoms with E-state index in [1.165, 1.54) is 19.3 Å². The van der Waals surface area contributed by atoms with Crippen molar-refractivity contribution >= 4 is 18.3 Å². The molecule has 102 valence electrons. The highest BCUT2D eigenvalue weighted by atomic mass is 35.5. The van der Waals surface area contributed by atoms with Crippen LogP contribution in [0.1, 0.15) is 52.9 Å². The maximum atomic E-state index is 11.9. The van der Waals surface area contributed by atoms with Gasteiger partial charge < -0.3 is 10.6 Å². The topological polar surface area (TPSA) is 41.1 Å². The molecule has 0 aromatic heterocycles. The van der Waals surface area contributed by atoms with Crippen molar-refractivity contribution in [3.8, 4) is 0 Å². The van der Waals surface area contributed by atoms with E-state index in [1.54, 1.807) is 0 Å². The van der Waals surface area contributed by atoms with Gasteiger partial charge in [-0.25, -0.2) is 0 Å². The van der Waals surface area contributed by atoms with Gasteiger partial charge in [-0.15, -0.1) is 12.4 Å². The van der Waals surface area contributed by atoms with Crippen LogP contribution in [0.3, 0.4) is 0 Å². The number of carbonyl (C=O) groups is 1. The lowest BCUT2D eigenvalue weighted by atomic mass is 10.0. The predicted octanol–water partition coefficient (Wildman–Crippen LogP) is 2.49. The first kappa shape index (κ1) is 16.7. The second-order valence-electron chi connectivity index (χ2n) is 5.38. The molecule has 0 spiro atoms. The molecule has 1 rings (SSSR count). The Kier molecular flexibility index (Phi) is 8.61. The molecule has 1 amide bonds. The van der Waals surface area contributed by atoms with Crippen LogP contribution in [0, 0.1) is 5.92 Å². The zero-order chi connectivity index (χ0) is 12.0. The highest BCUT2D eigenvalue weighted by molar-refractivity contribution is 5.85. The van der Waals surface area contributed by atoms with Crippen LogP contribution in [-0.4, -0.2) is 24.5 Å². The fourth-order valence-electron chi connectivity index (χ4n) is 2.07. The van der Waals surface area contributed by atoms with E-state index in [2.05, 4.69) is 31.4 Å². The summed E-state index contributed by atoms with van der Waals surface area (Å²) >= 11 is 0. The maximum absolute atomic E-state index is 11.9. The fourth-order valence-corrected chi connectivity index (χ4v) is 2.07. The Morgan fingerprint density at radius 2 is 2.00 bits per heavy atom. The van der Waals surface area contributed by atoms with E-state index in [4.69, 9.17) is 0 Å². The molecule has 1 aliphatic heterocycles. The third-order valence-electron chi connectivity index (χ3n) is 3.19. The van der Waals surface area contributed by atoms with Gasteiger partial charge in [0.1, 0.15) is 0 Å². The number of nitrogens with one attached hydrogen (secondary N) is 2. The van der Waals surface area contributed by atoms with Crippen LogP contribution < -0.4 is 10.6 Å². The van der Waals surface area contributed by atoms with Crippen molar-refractivity contribution in [1.82, 2.24) is 10.6 Å². The van der Waals surface area contributed by atoms with Crippen molar-refractivity contribution in [1.29, 1.82) is 0 Å². The molecule has 1 fully saturated rings. The van der Waals surface area contributed by atoms with Crippen LogP contribution in [0.4, 0.5) is 0 Å². The zero-order valence-electron chi connectivity index (χ0n) is 11.3. The van der Waals surface area contributed by atoms with Gasteiger partial charge in [-0.05, 0) is 45.1 Å². The molecule has 0 aromatic carbocycles. The minimum atomic E-state index is 0. The van der Waals surface area contributed by atoms with Crippen LogP contribution in [0.15, 0.2) is 0 Å². The molecule has 0 bridgehead atoms. The molecular formula is C13H27ClN2O. The molecule has 3 nitrogen and oxygen atoms in total. The van der Waals surface area contributed by atoms with Crippen LogP contribution in [0.2, 0.25) is 0 Å². The van der Waals surface area contributed by atoms with Crippen molar-refractivity contribution in [3.63, 3.8) is 0 Å². The Bertz CT molecular complexity index is 215. The molecule has 1 aliphatic rings. The molecule has 17 heavy (non-hydrogen) atoms. The quantitative estimate of drug-likeness (QED) is 0.799. The molecule has 0 aromatic rings. The molecule has 0 radical (unpaired) electrons. The van der Waals surface area contributed by atoms with Gasteiger partial charge >= 0.3 is 0 Å². The summed E-state index contributed by atoms with van der Waals surface area (Å²) in [4.78, 5) is 11.9. The van der Waals surface area contributed by atoms with E-state index in [-0.39, 0.29) is 24.4 Å². The highest BCUT2D eigenvalue weighted by Crippen LogP contribution is 2.09. The van der Waals surface area contributed by atoms with Gasteiger partial charge in [0.15, 0.2) is 0 Å². The summed E-state index contributed by atoms with van der Waals surface area (Å²) < 4.78 is 0. The van der Waals surface area contributed by atoms with Crippen LogP contribution in [0.5, 0.6) is 0 Å². The van der Waals surface area contributed by atoms with E-state index >= 15 is 0 Å². The Morgan fingerprint density at radius 3 is 2.53 bits per heavy atom. The Morgan fingerprint density at radius 1 is 1.29 bits per heavy atom.